The first kappa shape index (κ1) is 20.1. The lowest BCUT2D eigenvalue weighted by atomic mass is 10.5. The Balaban J connectivity index is 3.29. The standard InChI is InChI=1S/C11H24OS6/c12-9-11(18-8-7-16-4-2-14)10-17-6-5-15-3-1-13/h11-14H,1-10H2/t11-/m0/s1. The molecule has 0 fully saturated rings. The normalized spacial score (nSPS) is 12.8. The van der Waals surface area contributed by atoms with Gasteiger partial charge < -0.3 is 5.11 Å². The molecule has 1 atom stereocenters. The molecule has 0 saturated heterocycles. The van der Waals surface area contributed by atoms with Crippen LogP contribution in [0.3, 0.4) is 0 Å². The fraction of sp³-hybridized carbons (Fsp3) is 1.00. The van der Waals surface area contributed by atoms with Gasteiger partial charge in [0.05, 0.1) is 6.61 Å². The summed E-state index contributed by atoms with van der Waals surface area (Å²) < 4.78 is 0. The van der Waals surface area contributed by atoms with Crippen molar-refractivity contribution < 1.29 is 5.11 Å². The summed E-state index contributed by atoms with van der Waals surface area (Å²) in [5.74, 6) is 9.96. The van der Waals surface area contributed by atoms with Crippen LogP contribution >= 0.6 is 72.3 Å². The van der Waals surface area contributed by atoms with Gasteiger partial charge >= 0.3 is 0 Å². The zero-order chi connectivity index (χ0) is 13.5. The highest BCUT2D eigenvalue weighted by atomic mass is 32.2. The van der Waals surface area contributed by atoms with Crippen molar-refractivity contribution in [2.24, 2.45) is 0 Å². The van der Waals surface area contributed by atoms with Crippen LogP contribution in [0.4, 0.5) is 0 Å². The van der Waals surface area contributed by atoms with Crippen LogP contribution in [-0.2, 0) is 0 Å². The number of thioether (sulfide) groups is 4. The number of aliphatic hydroxyl groups is 1. The summed E-state index contributed by atoms with van der Waals surface area (Å²) >= 11 is 16.1. The monoisotopic (exact) mass is 364 g/mol. The summed E-state index contributed by atoms with van der Waals surface area (Å²) in [5.41, 5.74) is 0. The number of thiol groups is 2. The van der Waals surface area contributed by atoms with E-state index in [1.54, 1.807) is 0 Å². The van der Waals surface area contributed by atoms with Crippen molar-refractivity contribution in [2.75, 3.05) is 58.4 Å². The molecule has 1 N–H and O–H groups in total. The van der Waals surface area contributed by atoms with E-state index in [-0.39, 0.29) is 0 Å². The fourth-order valence-corrected chi connectivity index (χ4v) is 5.98. The highest BCUT2D eigenvalue weighted by Gasteiger charge is 2.07. The number of hydrogen-bond acceptors (Lipinski definition) is 7. The van der Waals surface area contributed by atoms with E-state index in [1.165, 1.54) is 17.3 Å². The topological polar surface area (TPSA) is 20.2 Å². The van der Waals surface area contributed by atoms with Gasteiger partial charge in [-0.1, -0.05) is 0 Å². The summed E-state index contributed by atoms with van der Waals surface area (Å²) in [6, 6.07) is 0. The van der Waals surface area contributed by atoms with E-state index in [2.05, 4.69) is 25.3 Å². The molecular weight excluding hydrogens is 341 g/mol. The summed E-state index contributed by atoms with van der Waals surface area (Å²) in [4.78, 5) is 0. The minimum atomic E-state index is 0.304. The summed E-state index contributed by atoms with van der Waals surface area (Å²) in [6.07, 6.45) is 0. The largest absolute Gasteiger partial charge is 0.395 e. The molecule has 0 aliphatic heterocycles. The van der Waals surface area contributed by atoms with Gasteiger partial charge in [0.15, 0.2) is 0 Å². The molecule has 0 amide bonds. The van der Waals surface area contributed by atoms with Gasteiger partial charge in [0.1, 0.15) is 0 Å². The minimum Gasteiger partial charge on any atom is -0.395 e. The van der Waals surface area contributed by atoms with Crippen LogP contribution in [0.2, 0.25) is 0 Å². The lowest BCUT2D eigenvalue weighted by Crippen LogP contribution is -2.13. The van der Waals surface area contributed by atoms with Crippen molar-refractivity contribution in [1.29, 1.82) is 0 Å². The lowest BCUT2D eigenvalue weighted by Gasteiger charge is -2.13. The summed E-state index contributed by atoms with van der Waals surface area (Å²) in [6.45, 7) is 0.304. The summed E-state index contributed by atoms with van der Waals surface area (Å²) in [5, 5.41) is 9.71. The molecule has 0 unspecified atom stereocenters. The maximum atomic E-state index is 9.30. The van der Waals surface area contributed by atoms with Crippen LogP contribution in [0.15, 0.2) is 0 Å². The molecular formula is C11H24OS6. The molecule has 18 heavy (non-hydrogen) atoms. The van der Waals surface area contributed by atoms with E-state index < -0.39 is 0 Å². The molecule has 0 aromatic heterocycles. The molecule has 7 heteroatoms. The minimum absolute atomic E-state index is 0.304. The molecule has 0 aromatic carbocycles. The third-order valence-electron chi connectivity index (χ3n) is 1.93. The lowest BCUT2D eigenvalue weighted by molar-refractivity contribution is 0.301. The Kier molecular flexibility index (Phi) is 19.1. The van der Waals surface area contributed by atoms with Crippen molar-refractivity contribution in [1.82, 2.24) is 0 Å². The highest BCUT2D eigenvalue weighted by Crippen LogP contribution is 2.18. The molecule has 0 rings (SSSR count). The van der Waals surface area contributed by atoms with E-state index in [4.69, 9.17) is 0 Å². The molecule has 0 radical (unpaired) electrons. The Hall–Kier alpha value is 2.06. The van der Waals surface area contributed by atoms with Gasteiger partial charge in [0.2, 0.25) is 0 Å². The second-order valence-electron chi connectivity index (χ2n) is 3.42. The Morgan fingerprint density at radius 1 is 0.778 bits per heavy atom. The average molecular weight is 365 g/mol. The van der Waals surface area contributed by atoms with Crippen molar-refractivity contribution in [3.8, 4) is 0 Å². The first-order valence-corrected chi connectivity index (χ1v) is 11.8. The molecule has 0 bridgehead atoms. The first-order valence-electron chi connectivity index (χ1n) is 6.02. The molecule has 1 nitrogen and oxygen atoms in total. The molecule has 0 saturated carbocycles. The van der Waals surface area contributed by atoms with E-state index >= 15 is 0 Å². The molecule has 0 spiro atoms. The van der Waals surface area contributed by atoms with Crippen molar-refractivity contribution in [2.45, 2.75) is 5.25 Å². The van der Waals surface area contributed by atoms with Crippen LogP contribution in [0, 0.1) is 0 Å². The Bertz CT molecular complexity index is 160. The Morgan fingerprint density at radius 2 is 1.33 bits per heavy atom. The van der Waals surface area contributed by atoms with Gasteiger partial charge in [-0.25, -0.2) is 0 Å². The number of rotatable bonds is 14. The molecule has 0 heterocycles. The fourth-order valence-electron chi connectivity index (χ4n) is 1.09. The SMILES string of the molecule is OC[C@@H](CSCCSCCS)SCCSCCS. The van der Waals surface area contributed by atoms with Crippen LogP contribution in [0.25, 0.3) is 0 Å². The predicted molar refractivity (Wildman–Crippen MR) is 103 cm³/mol. The second-order valence-corrected chi connectivity index (χ2v) is 9.32. The predicted octanol–water partition coefficient (Wildman–Crippen LogP) is 3.14. The molecule has 0 aliphatic rings. The van der Waals surface area contributed by atoms with Gasteiger partial charge in [-0.05, 0) is 11.5 Å². The van der Waals surface area contributed by atoms with Gasteiger partial charge in [0.25, 0.3) is 0 Å². The molecule has 110 valence electrons. The van der Waals surface area contributed by atoms with Crippen LogP contribution < -0.4 is 0 Å². The summed E-state index contributed by atoms with van der Waals surface area (Å²) in [7, 11) is 0. The van der Waals surface area contributed by atoms with Gasteiger partial charge in [-0.3, -0.25) is 0 Å². The van der Waals surface area contributed by atoms with E-state index in [0.29, 0.717) is 11.9 Å². The maximum Gasteiger partial charge on any atom is 0.0558 e. The quantitative estimate of drug-likeness (QED) is 0.324. The highest BCUT2D eigenvalue weighted by molar-refractivity contribution is 8.05. The molecule has 0 aromatic rings. The van der Waals surface area contributed by atoms with Crippen molar-refractivity contribution in [3.63, 3.8) is 0 Å². The van der Waals surface area contributed by atoms with Gasteiger partial charge in [-0.2, -0.15) is 72.3 Å². The van der Waals surface area contributed by atoms with E-state index in [1.807, 2.05) is 47.0 Å². The second kappa shape index (κ2) is 17.1. The maximum absolute atomic E-state index is 9.30. The average Bonchev–Trinajstić information content (AvgIpc) is 2.40. The van der Waals surface area contributed by atoms with Crippen molar-refractivity contribution >= 4 is 72.3 Å². The van der Waals surface area contributed by atoms with Crippen molar-refractivity contribution in [3.05, 3.63) is 0 Å². The third kappa shape index (κ3) is 14.5. The van der Waals surface area contributed by atoms with Gasteiger partial charge in [0, 0.05) is 45.5 Å². The van der Waals surface area contributed by atoms with Crippen LogP contribution in [0.5, 0.6) is 0 Å². The van der Waals surface area contributed by atoms with Crippen LogP contribution in [-0.4, -0.2) is 68.7 Å². The number of hydrogen-bond donors (Lipinski definition) is 3. The van der Waals surface area contributed by atoms with E-state index in [9.17, 15) is 5.11 Å². The third-order valence-corrected chi connectivity index (χ3v) is 8.04. The number of aliphatic hydroxyl groups excluding tert-OH is 1. The Morgan fingerprint density at radius 3 is 1.89 bits per heavy atom. The van der Waals surface area contributed by atoms with E-state index in [0.717, 1.165) is 34.5 Å². The Labute approximate surface area is 140 Å². The van der Waals surface area contributed by atoms with Crippen LogP contribution in [0.1, 0.15) is 0 Å². The molecule has 0 aliphatic carbocycles. The van der Waals surface area contributed by atoms with Gasteiger partial charge in [-0.15, -0.1) is 0 Å². The smallest absolute Gasteiger partial charge is 0.0558 e. The first-order chi connectivity index (χ1) is 8.85. The zero-order valence-corrected chi connectivity index (χ0v) is 15.7. The zero-order valence-electron chi connectivity index (χ0n) is 10.6.